The number of hydrogen-bond acceptors (Lipinski definition) is 7. The highest BCUT2D eigenvalue weighted by molar-refractivity contribution is 7.90. The summed E-state index contributed by atoms with van der Waals surface area (Å²) in [5.41, 5.74) is 1.08. The molecular formula is C19H21N3O6S. The number of sulfone groups is 1. The summed E-state index contributed by atoms with van der Waals surface area (Å²) in [7, 11) is -3.56. The van der Waals surface area contributed by atoms with E-state index in [0.29, 0.717) is 31.9 Å². The summed E-state index contributed by atoms with van der Waals surface area (Å²) in [6, 6.07) is 8.68. The number of aromatic hydroxyl groups is 1. The van der Waals surface area contributed by atoms with Crippen LogP contribution in [0.2, 0.25) is 0 Å². The fourth-order valence-electron chi connectivity index (χ4n) is 3.29. The van der Waals surface area contributed by atoms with Gasteiger partial charge in [-0.1, -0.05) is 6.07 Å². The summed E-state index contributed by atoms with van der Waals surface area (Å²) >= 11 is 0. The van der Waals surface area contributed by atoms with Crippen LogP contribution >= 0.6 is 0 Å². The van der Waals surface area contributed by atoms with Crippen LogP contribution in [0, 0.1) is 17.0 Å². The molecule has 1 saturated heterocycles. The molecule has 1 aliphatic rings. The van der Waals surface area contributed by atoms with Crippen molar-refractivity contribution < 1.29 is 23.2 Å². The first-order chi connectivity index (χ1) is 13.6. The molecule has 3 rings (SSSR count). The first-order valence-electron chi connectivity index (χ1n) is 8.90. The van der Waals surface area contributed by atoms with Crippen LogP contribution < -0.4 is 4.90 Å². The second-order valence-corrected chi connectivity index (χ2v) is 9.00. The van der Waals surface area contributed by atoms with Crippen molar-refractivity contribution in [2.45, 2.75) is 11.8 Å². The molecule has 0 bridgehead atoms. The van der Waals surface area contributed by atoms with Gasteiger partial charge in [0.25, 0.3) is 11.6 Å². The van der Waals surface area contributed by atoms with Gasteiger partial charge in [0.05, 0.1) is 15.4 Å². The normalized spacial score (nSPS) is 14.7. The van der Waals surface area contributed by atoms with Crippen LogP contribution in [0.4, 0.5) is 11.4 Å². The fourth-order valence-corrected chi connectivity index (χ4v) is 3.93. The van der Waals surface area contributed by atoms with Crippen molar-refractivity contribution in [3.05, 3.63) is 57.6 Å². The summed E-state index contributed by atoms with van der Waals surface area (Å²) in [6.45, 7) is 3.14. The zero-order chi connectivity index (χ0) is 21.3. The number of hydrogen-bond donors (Lipinski definition) is 1. The number of phenols is 1. The number of carbonyl (C=O) groups is 1. The molecule has 2 aromatic rings. The van der Waals surface area contributed by atoms with Crippen LogP contribution in [-0.4, -0.2) is 61.7 Å². The van der Waals surface area contributed by atoms with E-state index >= 15 is 0 Å². The zero-order valence-corrected chi connectivity index (χ0v) is 16.8. The summed E-state index contributed by atoms with van der Waals surface area (Å²) in [4.78, 5) is 26.7. The largest absolute Gasteiger partial charge is 0.507 e. The van der Waals surface area contributed by atoms with Gasteiger partial charge in [0.1, 0.15) is 11.4 Å². The summed E-state index contributed by atoms with van der Waals surface area (Å²) in [5.74, 6) is -0.381. The van der Waals surface area contributed by atoms with Crippen molar-refractivity contribution in [1.82, 2.24) is 4.90 Å². The van der Waals surface area contributed by atoms with Crippen LogP contribution in [0.1, 0.15) is 15.9 Å². The molecule has 0 unspecified atom stereocenters. The SMILES string of the molecule is Cc1ccc(C(=O)N2CCN(c3ccc(S(C)(=O)=O)cc3[N+](=O)[O-])CC2)c(O)c1. The smallest absolute Gasteiger partial charge is 0.293 e. The second-order valence-electron chi connectivity index (χ2n) is 6.98. The van der Waals surface area contributed by atoms with Gasteiger partial charge in [-0.2, -0.15) is 0 Å². The number of phenolic OH excluding ortho intramolecular Hbond substituents is 1. The zero-order valence-electron chi connectivity index (χ0n) is 16.0. The molecule has 1 N–H and O–H groups in total. The van der Waals surface area contributed by atoms with Gasteiger partial charge < -0.3 is 14.9 Å². The number of carbonyl (C=O) groups excluding carboxylic acids is 1. The third-order valence-electron chi connectivity index (χ3n) is 4.86. The van der Waals surface area contributed by atoms with Crippen molar-refractivity contribution in [3.63, 3.8) is 0 Å². The maximum Gasteiger partial charge on any atom is 0.293 e. The third-order valence-corrected chi connectivity index (χ3v) is 5.97. The summed E-state index contributed by atoms with van der Waals surface area (Å²) in [6.07, 6.45) is 0.997. The Morgan fingerprint density at radius 1 is 1.10 bits per heavy atom. The Morgan fingerprint density at radius 2 is 1.76 bits per heavy atom. The van der Waals surface area contributed by atoms with Gasteiger partial charge in [-0.3, -0.25) is 14.9 Å². The van der Waals surface area contributed by atoms with Crippen LogP contribution in [0.5, 0.6) is 5.75 Å². The fraction of sp³-hybridized carbons (Fsp3) is 0.316. The van der Waals surface area contributed by atoms with Crippen LogP contribution in [0.25, 0.3) is 0 Å². The number of rotatable bonds is 4. The van der Waals surface area contributed by atoms with Gasteiger partial charge in [-0.15, -0.1) is 0 Å². The van der Waals surface area contributed by atoms with Crippen LogP contribution in [0.15, 0.2) is 41.3 Å². The molecule has 0 atom stereocenters. The number of aryl methyl sites for hydroxylation is 1. The van der Waals surface area contributed by atoms with Crippen LogP contribution in [-0.2, 0) is 9.84 Å². The van der Waals surface area contributed by atoms with Gasteiger partial charge in [0.2, 0.25) is 0 Å². The predicted molar refractivity (Wildman–Crippen MR) is 107 cm³/mol. The van der Waals surface area contributed by atoms with Crippen molar-refractivity contribution in [2.24, 2.45) is 0 Å². The average molecular weight is 419 g/mol. The minimum atomic E-state index is -3.56. The van der Waals surface area contributed by atoms with E-state index in [2.05, 4.69) is 0 Å². The van der Waals surface area contributed by atoms with E-state index in [1.807, 2.05) is 6.92 Å². The molecular weight excluding hydrogens is 398 g/mol. The first kappa shape index (κ1) is 20.6. The quantitative estimate of drug-likeness (QED) is 0.594. The Bertz CT molecular complexity index is 1080. The van der Waals surface area contributed by atoms with Gasteiger partial charge in [-0.05, 0) is 36.8 Å². The van der Waals surface area contributed by atoms with Crippen molar-refractivity contribution in [3.8, 4) is 5.75 Å². The van der Waals surface area contributed by atoms with E-state index < -0.39 is 14.8 Å². The molecule has 0 spiro atoms. The summed E-state index contributed by atoms with van der Waals surface area (Å²) in [5, 5.41) is 21.5. The molecule has 2 aromatic carbocycles. The van der Waals surface area contributed by atoms with Crippen LogP contribution in [0.3, 0.4) is 0 Å². The second kappa shape index (κ2) is 7.70. The Kier molecular flexibility index (Phi) is 5.47. The molecule has 9 nitrogen and oxygen atoms in total. The maximum atomic E-state index is 12.7. The van der Waals surface area contributed by atoms with Crippen molar-refractivity contribution >= 4 is 27.1 Å². The lowest BCUT2D eigenvalue weighted by Crippen LogP contribution is -2.49. The number of piperazine rings is 1. The molecule has 1 amide bonds. The molecule has 1 fully saturated rings. The highest BCUT2D eigenvalue weighted by atomic mass is 32.2. The Labute approximate surface area is 168 Å². The van der Waals surface area contributed by atoms with E-state index in [1.54, 1.807) is 21.9 Å². The first-order valence-corrected chi connectivity index (χ1v) is 10.8. The molecule has 0 saturated carbocycles. The minimum Gasteiger partial charge on any atom is -0.507 e. The molecule has 10 heteroatoms. The van der Waals surface area contributed by atoms with E-state index in [4.69, 9.17) is 0 Å². The van der Waals surface area contributed by atoms with Crippen molar-refractivity contribution in [1.29, 1.82) is 0 Å². The van der Waals surface area contributed by atoms with Gasteiger partial charge in [0, 0.05) is 38.5 Å². The minimum absolute atomic E-state index is 0.0792. The predicted octanol–water partition coefficient (Wildman–Crippen LogP) is 1.97. The molecule has 29 heavy (non-hydrogen) atoms. The number of amides is 1. The van der Waals surface area contributed by atoms with E-state index in [0.717, 1.165) is 17.9 Å². The monoisotopic (exact) mass is 419 g/mol. The highest BCUT2D eigenvalue weighted by Crippen LogP contribution is 2.32. The molecule has 0 aromatic heterocycles. The maximum absolute atomic E-state index is 12.7. The molecule has 1 aliphatic heterocycles. The number of benzene rings is 2. The standard InChI is InChI=1S/C19H21N3O6S/c1-13-3-5-15(18(23)11-13)19(24)21-9-7-20(8-10-21)16-6-4-14(29(2,27)28)12-17(16)22(25)26/h3-6,11-12,23H,7-10H2,1-2H3. The Hall–Kier alpha value is -3.14. The highest BCUT2D eigenvalue weighted by Gasteiger charge is 2.28. The van der Waals surface area contributed by atoms with Gasteiger partial charge in [-0.25, -0.2) is 8.42 Å². The number of nitrogens with zero attached hydrogens (tertiary/aromatic N) is 3. The number of nitro benzene ring substituents is 1. The lowest BCUT2D eigenvalue weighted by molar-refractivity contribution is -0.384. The van der Waals surface area contributed by atoms with Crippen molar-refractivity contribution in [2.75, 3.05) is 37.3 Å². The average Bonchev–Trinajstić information content (AvgIpc) is 2.66. The van der Waals surface area contributed by atoms with E-state index in [-0.39, 0.29) is 27.8 Å². The van der Waals surface area contributed by atoms with E-state index in [9.17, 15) is 28.4 Å². The lowest BCUT2D eigenvalue weighted by Gasteiger charge is -2.36. The molecule has 1 heterocycles. The molecule has 0 radical (unpaired) electrons. The Balaban J connectivity index is 1.78. The number of anilines is 1. The van der Waals surface area contributed by atoms with E-state index in [1.165, 1.54) is 18.2 Å². The molecule has 0 aliphatic carbocycles. The van der Waals surface area contributed by atoms with Gasteiger partial charge in [0.15, 0.2) is 9.84 Å². The lowest BCUT2D eigenvalue weighted by atomic mass is 10.1. The third kappa shape index (κ3) is 4.32. The van der Waals surface area contributed by atoms with Gasteiger partial charge >= 0.3 is 0 Å². The molecule has 154 valence electrons. The number of nitro groups is 1. The summed E-state index contributed by atoms with van der Waals surface area (Å²) < 4.78 is 23.4. The Morgan fingerprint density at radius 3 is 2.31 bits per heavy atom. The topological polar surface area (TPSA) is 121 Å².